The molecule has 1 aliphatic heterocycles. The number of nitrogens with zero attached hydrogens (tertiary/aromatic N) is 1. The van der Waals surface area contributed by atoms with Crippen molar-refractivity contribution in [1.29, 1.82) is 0 Å². The maximum absolute atomic E-state index is 12.6. The van der Waals surface area contributed by atoms with Crippen molar-refractivity contribution in [3.63, 3.8) is 0 Å². The third kappa shape index (κ3) is 4.37. The number of nitrogens with one attached hydrogen (secondary N) is 1. The zero-order valence-corrected chi connectivity index (χ0v) is 13.9. The Bertz CT molecular complexity index is 570. The van der Waals surface area contributed by atoms with Crippen LogP contribution in [0.25, 0.3) is 0 Å². The van der Waals surface area contributed by atoms with Crippen LogP contribution >= 0.6 is 0 Å². The van der Waals surface area contributed by atoms with Gasteiger partial charge in [0.2, 0.25) is 5.91 Å². The second-order valence-electron chi connectivity index (χ2n) is 6.03. The Balaban J connectivity index is 2.07. The van der Waals surface area contributed by atoms with E-state index in [9.17, 15) is 19.5 Å². The van der Waals surface area contributed by atoms with Crippen LogP contribution < -0.4 is 5.32 Å². The zero-order chi connectivity index (χ0) is 17.5. The van der Waals surface area contributed by atoms with Crippen molar-refractivity contribution in [1.82, 2.24) is 10.2 Å². The molecule has 7 heteroatoms. The molecule has 1 aromatic heterocycles. The lowest BCUT2D eigenvalue weighted by molar-refractivity contribution is -0.143. The standard InChI is InChI=1S/C17H24N2O5/c1-2-3-7-12(17(22)23)18-15(20)13-8-4-5-10-19(13)16(21)14-9-6-11-24-14/h6,9,11-13H,2-5,7-8,10H2,1H3,(H,18,20)(H,22,23)/t12-,13?/m0/s1. The number of carbonyl (C=O) groups excluding carboxylic acids is 2. The first-order valence-electron chi connectivity index (χ1n) is 8.42. The quantitative estimate of drug-likeness (QED) is 0.793. The van der Waals surface area contributed by atoms with Gasteiger partial charge in [-0.25, -0.2) is 4.79 Å². The van der Waals surface area contributed by atoms with Crippen molar-refractivity contribution in [2.45, 2.75) is 57.5 Å². The molecule has 2 heterocycles. The number of rotatable bonds is 7. The van der Waals surface area contributed by atoms with Crippen molar-refractivity contribution in [2.24, 2.45) is 0 Å². The Morgan fingerprint density at radius 2 is 2.21 bits per heavy atom. The smallest absolute Gasteiger partial charge is 0.326 e. The fraction of sp³-hybridized carbons (Fsp3) is 0.588. The van der Waals surface area contributed by atoms with Crippen molar-refractivity contribution in [2.75, 3.05) is 6.54 Å². The Hall–Kier alpha value is -2.31. The number of carbonyl (C=O) groups is 3. The van der Waals surface area contributed by atoms with Crippen molar-refractivity contribution < 1.29 is 23.9 Å². The van der Waals surface area contributed by atoms with E-state index in [0.29, 0.717) is 19.4 Å². The molecule has 2 rings (SSSR count). The van der Waals surface area contributed by atoms with Gasteiger partial charge in [-0.3, -0.25) is 9.59 Å². The molecule has 1 unspecified atom stereocenters. The number of hydrogen-bond acceptors (Lipinski definition) is 4. The molecular weight excluding hydrogens is 312 g/mol. The summed E-state index contributed by atoms with van der Waals surface area (Å²) in [5, 5.41) is 11.9. The lowest BCUT2D eigenvalue weighted by Gasteiger charge is -2.34. The van der Waals surface area contributed by atoms with Crippen LogP contribution in [0, 0.1) is 0 Å². The number of likely N-dealkylation sites (tertiary alicyclic amines) is 1. The minimum absolute atomic E-state index is 0.190. The van der Waals surface area contributed by atoms with Crippen molar-refractivity contribution in [3.05, 3.63) is 24.2 Å². The summed E-state index contributed by atoms with van der Waals surface area (Å²) in [6, 6.07) is 1.62. The van der Waals surface area contributed by atoms with Crippen LogP contribution in [0.4, 0.5) is 0 Å². The molecule has 2 N–H and O–H groups in total. The van der Waals surface area contributed by atoms with Gasteiger partial charge in [0.1, 0.15) is 12.1 Å². The number of carboxylic acid groups (broad SMARTS) is 1. The average Bonchev–Trinajstić information content (AvgIpc) is 3.12. The first-order chi connectivity index (χ1) is 11.5. The van der Waals surface area contributed by atoms with Crippen LogP contribution in [-0.4, -0.2) is 46.4 Å². The van der Waals surface area contributed by atoms with E-state index in [-0.39, 0.29) is 11.7 Å². The number of carboxylic acids is 1. The van der Waals surface area contributed by atoms with E-state index in [2.05, 4.69) is 5.32 Å². The Morgan fingerprint density at radius 1 is 1.42 bits per heavy atom. The SMILES string of the molecule is CCCC[C@H](NC(=O)C1CCCCN1C(=O)c1ccco1)C(=O)O. The van der Waals surface area contributed by atoms with Crippen LogP contribution in [0.15, 0.2) is 22.8 Å². The second kappa shape index (κ2) is 8.52. The highest BCUT2D eigenvalue weighted by atomic mass is 16.4. The monoisotopic (exact) mass is 336 g/mol. The molecule has 1 aliphatic rings. The Kier molecular flexibility index (Phi) is 6.40. The third-order valence-corrected chi connectivity index (χ3v) is 4.26. The van der Waals surface area contributed by atoms with E-state index >= 15 is 0 Å². The summed E-state index contributed by atoms with van der Waals surface area (Å²) in [6.07, 6.45) is 5.54. The van der Waals surface area contributed by atoms with E-state index in [0.717, 1.165) is 25.7 Å². The van der Waals surface area contributed by atoms with Gasteiger partial charge in [-0.1, -0.05) is 19.8 Å². The van der Waals surface area contributed by atoms with Crippen LogP contribution in [0.5, 0.6) is 0 Å². The number of amides is 2. The number of piperidine rings is 1. The van der Waals surface area contributed by atoms with Gasteiger partial charge in [-0.05, 0) is 37.8 Å². The summed E-state index contributed by atoms with van der Waals surface area (Å²) in [6.45, 7) is 2.43. The summed E-state index contributed by atoms with van der Waals surface area (Å²) in [5.74, 6) is -1.59. The van der Waals surface area contributed by atoms with Gasteiger partial charge in [-0.15, -0.1) is 0 Å². The van der Waals surface area contributed by atoms with Crippen molar-refractivity contribution >= 4 is 17.8 Å². The van der Waals surface area contributed by atoms with Crippen LogP contribution in [-0.2, 0) is 9.59 Å². The first kappa shape index (κ1) is 18.0. The molecule has 0 radical (unpaired) electrons. The van der Waals surface area contributed by atoms with E-state index < -0.39 is 24.0 Å². The van der Waals surface area contributed by atoms with Crippen LogP contribution in [0.2, 0.25) is 0 Å². The number of aliphatic carboxylic acids is 1. The topological polar surface area (TPSA) is 99.9 Å². The predicted molar refractivity (Wildman–Crippen MR) is 86.5 cm³/mol. The summed E-state index contributed by atoms with van der Waals surface area (Å²) < 4.78 is 5.13. The predicted octanol–water partition coefficient (Wildman–Crippen LogP) is 2.03. The van der Waals surface area contributed by atoms with E-state index in [4.69, 9.17) is 4.42 Å². The summed E-state index contributed by atoms with van der Waals surface area (Å²) in [5.41, 5.74) is 0. The van der Waals surface area contributed by atoms with Gasteiger partial charge in [-0.2, -0.15) is 0 Å². The fourth-order valence-electron chi connectivity index (χ4n) is 2.92. The van der Waals surface area contributed by atoms with Gasteiger partial charge in [0.25, 0.3) is 5.91 Å². The van der Waals surface area contributed by atoms with Gasteiger partial charge in [0.05, 0.1) is 6.26 Å². The van der Waals surface area contributed by atoms with Gasteiger partial charge < -0.3 is 19.7 Å². The van der Waals surface area contributed by atoms with E-state index in [1.807, 2.05) is 6.92 Å². The first-order valence-corrected chi connectivity index (χ1v) is 8.42. The summed E-state index contributed by atoms with van der Waals surface area (Å²) in [4.78, 5) is 37.9. The van der Waals surface area contributed by atoms with Crippen molar-refractivity contribution in [3.8, 4) is 0 Å². The second-order valence-corrected chi connectivity index (χ2v) is 6.03. The molecule has 0 aliphatic carbocycles. The highest BCUT2D eigenvalue weighted by Gasteiger charge is 2.35. The molecule has 2 amide bonds. The molecule has 132 valence electrons. The minimum Gasteiger partial charge on any atom is -0.480 e. The molecule has 0 spiro atoms. The third-order valence-electron chi connectivity index (χ3n) is 4.26. The molecule has 7 nitrogen and oxygen atoms in total. The minimum atomic E-state index is -1.04. The lowest BCUT2D eigenvalue weighted by atomic mass is 10.00. The van der Waals surface area contributed by atoms with Crippen LogP contribution in [0.1, 0.15) is 56.0 Å². The zero-order valence-electron chi connectivity index (χ0n) is 13.9. The normalized spacial score (nSPS) is 18.9. The maximum Gasteiger partial charge on any atom is 0.326 e. The van der Waals surface area contributed by atoms with Gasteiger partial charge in [0.15, 0.2) is 5.76 Å². The van der Waals surface area contributed by atoms with Gasteiger partial charge >= 0.3 is 5.97 Å². The Morgan fingerprint density at radius 3 is 2.83 bits per heavy atom. The fourth-order valence-corrected chi connectivity index (χ4v) is 2.92. The molecule has 0 saturated carbocycles. The van der Waals surface area contributed by atoms with E-state index in [1.54, 1.807) is 12.1 Å². The molecule has 2 atom stereocenters. The summed E-state index contributed by atoms with van der Waals surface area (Å²) >= 11 is 0. The lowest BCUT2D eigenvalue weighted by Crippen LogP contribution is -2.54. The molecule has 1 fully saturated rings. The largest absolute Gasteiger partial charge is 0.480 e. The number of hydrogen-bond donors (Lipinski definition) is 2. The maximum atomic E-state index is 12.6. The van der Waals surface area contributed by atoms with Gasteiger partial charge in [0, 0.05) is 6.54 Å². The highest BCUT2D eigenvalue weighted by Crippen LogP contribution is 2.20. The molecule has 24 heavy (non-hydrogen) atoms. The Labute approximate surface area is 141 Å². The summed E-state index contributed by atoms with van der Waals surface area (Å²) in [7, 11) is 0. The molecular formula is C17H24N2O5. The number of furan rings is 1. The highest BCUT2D eigenvalue weighted by molar-refractivity contribution is 5.96. The molecule has 1 saturated heterocycles. The molecule has 0 aromatic carbocycles. The molecule has 0 bridgehead atoms. The van der Waals surface area contributed by atoms with Crippen LogP contribution in [0.3, 0.4) is 0 Å². The average molecular weight is 336 g/mol. The van der Waals surface area contributed by atoms with E-state index in [1.165, 1.54) is 11.2 Å². The number of unbranched alkanes of at least 4 members (excludes halogenated alkanes) is 1. The molecule has 1 aromatic rings.